The van der Waals surface area contributed by atoms with Crippen molar-refractivity contribution in [3.63, 3.8) is 0 Å². The van der Waals surface area contributed by atoms with Gasteiger partial charge in [0.1, 0.15) is 0 Å². The Morgan fingerprint density at radius 1 is 1.22 bits per heavy atom. The molecule has 1 heterocycles. The van der Waals surface area contributed by atoms with Crippen LogP contribution in [0.25, 0.3) is 11.4 Å². The summed E-state index contributed by atoms with van der Waals surface area (Å²) in [7, 11) is 0. The van der Waals surface area contributed by atoms with Gasteiger partial charge in [-0.25, -0.2) is 0 Å². The first kappa shape index (κ1) is 12.8. The van der Waals surface area contributed by atoms with Gasteiger partial charge in [0.15, 0.2) is 0 Å². The van der Waals surface area contributed by atoms with E-state index in [1.807, 2.05) is 12.1 Å². The summed E-state index contributed by atoms with van der Waals surface area (Å²) >= 11 is 0. The number of benzene rings is 1. The maximum atomic E-state index is 8.74. The molecule has 0 amide bonds. The quantitative estimate of drug-likeness (QED) is 0.881. The lowest BCUT2D eigenvalue weighted by atomic mass is 10.0. The molecule has 0 aliphatic rings. The predicted molar refractivity (Wildman–Crippen MR) is 69.2 cm³/mol. The maximum Gasteiger partial charge on any atom is 0.227 e. The van der Waals surface area contributed by atoms with Gasteiger partial charge in [-0.15, -0.1) is 0 Å². The molecule has 0 saturated carbocycles. The van der Waals surface area contributed by atoms with Gasteiger partial charge in [-0.3, -0.25) is 0 Å². The molecule has 18 heavy (non-hydrogen) atoms. The van der Waals surface area contributed by atoms with Crippen molar-refractivity contribution in [2.24, 2.45) is 0 Å². The fourth-order valence-corrected chi connectivity index (χ4v) is 1.72. The van der Waals surface area contributed by atoms with Gasteiger partial charge in [0.25, 0.3) is 0 Å². The van der Waals surface area contributed by atoms with Gasteiger partial charge in [0.2, 0.25) is 11.7 Å². The number of hydrogen-bond acceptors (Lipinski definition) is 4. The highest BCUT2D eigenvalue weighted by Gasteiger charge is 2.08. The Hall–Kier alpha value is -1.68. The van der Waals surface area contributed by atoms with E-state index in [1.54, 1.807) is 0 Å². The Morgan fingerprint density at radius 3 is 2.56 bits per heavy atom. The van der Waals surface area contributed by atoms with Crippen molar-refractivity contribution >= 4 is 0 Å². The van der Waals surface area contributed by atoms with Crippen LogP contribution in [0.3, 0.4) is 0 Å². The van der Waals surface area contributed by atoms with Crippen molar-refractivity contribution < 1.29 is 9.63 Å². The van der Waals surface area contributed by atoms with Crippen molar-refractivity contribution in [2.45, 2.75) is 32.6 Å². The van der Waals surface area contributed by atoms with Crippen LogP contribution in [0.4, 0.5) is 0 Å². The van der Waals surface area contributed by atoms with Gasteiger partial charge in [-0.1, -0.05) is 43.3 Å². The zero-order chi connectivity index (χ0) is 13.0. The molecule has 0 atom stereocenters. The van der Waals surface area contributed by atoms with Crippen LogP contribution < -0.4 is 0 Å². The highest BCUT2D eigenvalue weighted by Crippen LogP contribution is 2.20. The van der Waals surface area contributed by atoms with Gasteiger partial charge in [-0.2, -0.15) is 4.98 Å². The number of aromatic nitrogens is 2. The van der Waals surface area contributed by atoms with E-state index in [9.17, 15) is 0 Å². The Balaban J connectivity index is 2.13. The lowest BCUT2D eigenvalue weighted by Gasteiger charge is -2.04. The fraction of sp³-hybridized carbons (Fsp3) is 0.429. The van der Waals surface area contributed by atoms with Gasteiger partial charge < -0.3 is 9.63 Å². The number of nitrogens with zero attached hydrogens (tertiary/aromatic N) is 2. The summed E-state index contributed by atoms with van der Waals surface area (Å²) in [4.78, 5) is 4.30. The first-order valence-electron chi connectivity index (χ1n) is 6.24. The molecule has 1 aromatic carbocycles. The van der Waals surface area contributed by atoms with Crippen LogP contribution in [0.1, 0.15) is 37.6 Å². The predicted octanol–water partition coefficient (Wildman–Crippen LogP) is 2.78. The summed E-state index contributed by atoms with van der Waals surface area (Å²) in [5.41, 5.74) is 2.25. The van der Waals surface area contributed by atoms with Crippen LogP contribution in [-0.2, 0) is 6.42 Å². The van der Waals surface area contributed by atoms with Gasteiger partial charge >= 0.3 is 0 Å². The highest BCUT2D eigenvalue weighted by atomic mass is 16.5. The number of aryl methyl sites for hydroxylation is 1. The van der Waals surface area contributed by atoms with Crippen LogP contribution in [0.2, 0.25) is 0 Å². The second-order valence-electron chi connectivity index (χ2n) is 4.62. The van der Waals surface area contributed by atoms with E-state index in [1.165, 1.54) is 5.56 Å². The van der Waals surface area contributed by atoms with Crippen LogP contribution in [0.15, 0.2) is 28.8 Å². The zero-order valence-electron chi connectivity index (χ0n) is 10.8. The summed E-state index contributed by atoms with van der Waals surface area (Å²) in [6.07, 6.45) is 1.27. The number of aliphatic hydroxyl groups excluding tert-OH is 1. The maximum absolute atomic E-state index is 8.74. The third-order valence-corrected chi connectivity index (χ3v) is 2.85. The first-order chi connectivity index (χ1) is 8.70. The second kappa shape index (κ2) is 5.78. The summed E-state index contributed by atoms with van der Waals surface area (Å²) in [6.45, 7) is 4.47. The summed E-state index contributed by atoms with van der Waals surface area (Å²) in [5, 5.41) is 12.7. The third kappa shape index (κ3) is 2.96. The van der Waals surface area contributed by atoms with Crippen molar-refractivity contribution in [1.82, 2.24) is 10.1 Å². The molecule has 1 aromatic heterocycles. The molecule has 2 aromatic rings. The van der Waals surface area contributed by atoms with E-state index in [-0.39, 0.29) is 6.61 Å². The zero-order valence-corrected chi connectivity index (χ0v) is 10.8. The number of hydrogen-bond donors (Lipinski definition) is 1. The van der Waals surface area contributed by atoms with Gasteiger partial charge in [-0.05, 0) is 17.9 Å². The standard InChI is InChI=1S/C14H18N2O2/c1-10(2)11-5-7-12(8-6-11)14-15-13(18-16-14)4-3-9-17/h5-8,10,17H,3-4,9H2,1-2H3. The molecule has 4 nitrogen and oxygen atoms in total. The Bertz CT molecular complexity index is 489. The third-order valence-electron chi connectivity index (χ3n) is 2.85. The molecule has 0 aliphatic heterocycles. The average Bonchev–Trinajstić information content (AvgIpc) is 2.85. The van der Waals surface area contributed by atoms with E-state index >= 15 is 0 Å². The Kier molecular flexibility index (Phi) is 4.10. The molecule has 0 aliphatic carbocycles. The van der Waals surface area contributed by atoms with Gasteiger partial charge in [0, 0.05) is 18.6 Å². The van der Waals surface area contributed by atoms with Crippen molar-refractivity contribution in [2.75, 3.05) is 6.61 Å². The van der Waals surface area contributed by atoms with E-state index in [2.05, 4.69) is 36.1 Å². The number of rotatable bonds is 5. The molecule has 0 saturated heterocycles. The molecule has 0 radical (unpaired) electrons. The fourth-order valence-electron chi connectivity index (χ4n) is 1.72. The molecule has 0 bridgehead atoms. The Morgan fingerprint density at radius 2 is 1.94 bits per heavy atom. The van der Waals surface area contributed by atoms with Crippen molar-refractivity contribution in [3.8, 4) is 11.4 Å². The summed E-state index contributed by atoms with van der Waals surface area (Å²) in [5.74, 6) is 1.70. The lowest BCUT2D eigenvalue weighted by Crippen LogP contribution is -1.90. The molecular formula is C14H18N2O2. The molecule has 4 heteroatoms. The minimum absolute atomic E-state index is 0.140. The SMILES string of the molecule is CC(C)c1ccc(-c2noc(CCCO)n2)cc1. The van der Waals surface area contributed by atoms with Crippen molar-refractivity contribution in [1.29, 1.82) is 0 Å². The molecule has 96 valence electrons. The molecule has 1 N–H and O–H groups in total. The number of aliphatic hydroxyl groups is 1. The monoisotopic (exact) mass is 246 g/mol. The van der Waals surface area contributed by atoms with Crippen LogP contribution >= 0.6 is 0 Å². The second-order valence-corrected chi connectivity index (χ2v) is 4.62. The van der Waals surface area contributed by atoms with E-state index in [0.29, 0.717) is 30.5 Å². The minimum atomic E-state index is 0.140. The average molecular weight is 246 g/mol. The Labute approximate surface area is 107 Å². The summed E-state index contributed by atoms with van der Waals surface area (Å²) in [6, 6.07) is 8.19. The smallest absolute Gasteiger partial charge is 0.227 e. The van der Waals surface area contributed by atoms with E-state index in [0.717, 1.165) is 5.56 Å². The molecule has 0 fully saturated rings. The van der Waals surface area contributed by atoms with Crippen LogP contribution in [-0.4, -0.2) is 21.9 Å². The molecule has 0 unspecified atom stereocenters. The highest BCUT2D eigenvalue weighted by molar-refractivity contribution is 5.54. The largest absolute Gasteiger partial charge is 0.396 e. The van der Waals surface area contributed by atoms with Crippen LogP contribution in [0, 0.1) is 0 Å². The van der Waals surface area contributed by atoms with Crippen molar-refractivity contribution in [3.05, 3.63) is 35.7 Å². The van der Waals surface area contributed by atoms with Crippen LogP contribution in [0.5, 0.6) is 0 Å². The summed E-state index contributed by atoms with van der Waals surface area (Å²) < 4.78 is 5.13. The normalized spacial score (nSPS) is 11.1. The van der Waals surface area contributed by atoms with E-state index in [4.69, 9.17) is 9.63 Å². The molecule has 2 rings (SSSR count). The lowest BCUT2D eigenvalue weighted by molar-refractivity contribution is 0.278. The first-order valence-corrected chi connectivity index (χ1v) is 6.24. The molecule has 0 spiro atoms. The topological polar surface area (TPSA) is 59.2 Å². The van der Waals surface area contributed by atoms with Gasteiger partial charge in [0.05, 0.1) is 0 Å². The molecular weight excluding hydrogens is 228 g/mol. The minimum Gasteiger partial charge on any atom is -0.396 e. The van der Waals surface area contributed by atoms with E-state index < -0.39 is 0 Å².